The molecule has 1 aliphatic rings. The van der Waals surface area contributed by atoms with Gasteiger partial charge < -0.3 is 0 Å². The van der Waals surface area contributed by atoms with Gasteiger partial charge in [0.25, 0.3) is 5.56 Å². The molecule has 1 aromatic carbocycles. The molecular formula is C18H18N2OS2. The first-order chi connectivity index (χ1) is 11.3. The van der Waals surface area contributed by atoms with Crippen molar-refractivity contribution >= 4 is 33.3 Å². The molecule has 4 rings (SSSR count). The third-order valence-corrected chi connectivity index (χ3v) is 6.23. The molecule has 0 amide bonds. The van der Waals surface area contributed by atoms with Gasteiger partial charge in [-0.25, -0.2) is 4.98 Å². The van der Waals surface area contributed by atoms with Crippen LogP contribution in [0.3, 0.4) is 0 Å². The molecule has 0 saturated carbocycles. The average Bonchev–Trinajstić information content (AvgIpc) is 2.77. The molecular weight excluding hydrogens is 324 g/mol. The van der Waals surface area contributed by atoms with Gasteiger partial charge >= 0.3 is 0 Å². The highest BCUT2D eigenvalue weighted by Crippen LogP contribution is 2.34. The number of aryl methyl sites for hydroxylation is 2. The Morgan fingerprint density at radius 3 is 2.70 bits per heavy atom. The number of para-hydroxylation sites is 1. The second-order valence-electron chi connectivity index (χ2n) is 5.82. The molecule has 0 aliphatic heterocycles. The van der Waals surface area contributed by atoms with E-state index in [1.165, 1.54) is 41.5 Å². The van der Waals surface area contributed by atoms with Gasteiger partial charge in [0.2, 0.25) is 0 Å². The second kappa shape index (κ2) is 6.13. The maximum absolute atomic E-state index is 13.3. The lowest BCUT2D eigenvalue weighted by Gasteiger charge is -2.11. The first-order valence-corrected chi connectivity index (χ1v) is 10.0. The molecule has 0 N–H and O–H groups in total. The number of hydrogen-bond donors (Lipinski definition) is 0. The predicted molar refractivity (Wildman–Crippen MR) is 98.3 cm³/mol. The largest absolute Gasteiger partial charge is 0.268 e. The third-order valence-electron chi connectivity index (χ3n) is 4.41. The fourth-order valence-electron chi connectivity index (χ4n) is 3.30. The molecule has 2 heterocycles. The summed E-state index contributed by atoms with van der Waals surface area (Å²) in [4.78, 5) is 20.4. The Balaban J connectivity index is 2.05. The number of thiophene rings is 1. The summed E-state index contributed by atoms with van der Waals surface area (Å²) >= 11 is 3.25. The van der Waals surface area contributed by atoms with Crippen LogP contribution in [0.5, 0.6) is 0 Å². The van der Waals surface area contributed by atoms with E-state index in [0.29, 0.717) is 0 Å². The van der Waals surface area contributed by atoms with Crippen molar-refractivity contribution in [1.82, 2.24) is 9.55 Å². The molecule has 23 heavy (non-hydrogen) atoms. The van der Waals surface area contributed by atoms with Crippen molar-refractivity contribution in [1.29, 1.82) is 0 Å². The highest BCUT2D eigenvalue weighted by molar-refractivity contribution is 7.98. The lowest BCUT2D eigenvalue weighted by atomic mass is 10.1. The minimum Gasteiger partial charge on any atom is -0.268 e. The maximum Gasteiger partial charge on any atom is 0.267 e. The number of benzene rings is 1. The van der Waals surface area contributed by atoms with Crippen LogP contribution in [0, 0.1) is 0 Å². The van der Waals surface area contributed by atoms with Crippen LogP contribution in [0.4, 0.5) is 0 Å². The molecule has 0 radical (unpaired) electrons. The van der Waals surface area contributed by atoms with E-state index in [1.54, 1.807) is 15.9 Å². The zero-order valence-electron chi connectivity index (χ0n) is 13.0. The molecule has 5 heteroatoms. The number of nitrogens with zero attached hydrogens (tertiary/aromatic N) is 2. The monoisotopic (exact) mass is 342 g/mol. The van der Waals surface area contributed by atoms with Crippen LogP contribution in [0.1, 0.15) is 29.7 Å². The van der Waals surface area contributed by atoms with E-state index in [0.717, 1.165) is 33.9 Å². The Morgan fingerprint density at radius 1 is 1.13 bits per heavy atom. The lowest BCUT2D eigenvalue weighted by molar-refractivity contribution is 0.713. The highest BCUT2D eigenvalue weighted by Gasteiger charge is 2.21. The minimum atomic E-state index is 0.0879. The van der Waals surface area contributed by atoms with E-state index in [-0.39, 0.29) is 5.56 Å². The zero-order valence-corrected chi connectivity index (χ0v) is 14.7. The molecule has 0 bridgehead atoms. The minimum absolute atomic E-state index is 0.0879. The van der Waals surface area contributed by atoms with Gasteiger partial charge in [-0.1, -0.05) is 36.4 Å². The number of thioether (sulfide) groups is 1. The first kappa shape index (κ1) is 15.0. The summed E-state index contributed by atoms with van der Waals surface area (Å²) in [6, 6.07) is 9.84. The molecule has 3 aromatic rings. The Kier molecular flexibility index (Phi) is 3.99. The Hall–Kier alpha value is -1.59. The normalized spacial score (nSPS) is 14.7. The van der Waals surface area contributed by atoms with Crippen molar-refractivity contribution in [2.75, 3.05) is 6.26 Å². The Labute approximate surface area is 143 Å². The molecule has 0 saturated heterocycles. The van der Waals surface area contributed by atoms with Crippen LogP contribution in [-0.2, 0) is 12.8 Å². The Morgan fingerprint density at radius 2 is 1.91 bits per heavy atom. The number of hydrogen-bond acceptors (Lipinski definition) is 4. The van der Waals surface area contributed by atoms with E-state index >= 15 is 0 Å². The van der Waals surface area contributed by atoms with Gasteiger partial charge in [-0.3, -0.25) is 9.36 Å². The average molecular weight is 342 g/mol. The van der Waals surface area contributed by atoms with Crippen molar-refractivity contribution < 1.29 is 0 Å². The molecule has 2 aromatic heterocycles. The van der Waals surface area contributed by atoms with Crippen molar-refractivity contribution in [3.05, 3.63) is 51.1 Å². The quantitative estimate of drug-likeness (QED) is 0.392. The molecule has 0 atom stereocenters. The van der Waals surface area contributed by atoms with E-state index in [4.69, 9.17) is 4.98 Å². The number of aromatic nitrogens is 2. The standard InChI is InChI=1S/C18H18N2OS2/c1-22-18-19-16-15(13-10-6-3-7-11-14(13)23-16)17(21)20(18)12-8-4-2-5-9-12/h2,4-5,8-9H,3,6-7,10-11H2,1H3. The van der Waals surface area contributed by atoms with Gasteiger partial charge in [0.05, 0.1) is 11.1 Å². The fourth-order valence-corrected chi connectivity index (χ4v) is 5.17. The summed E-state index contributed by atoms with van der Waals surface area (Å²) in [5.74, 6) is 0. The second-order valence-corrected chi connectivity index (χ2v) is 7.68. The van der Waals surface area contributed by atoms with Crippen molar-refractivity contribution in [3.8, 4) is 5.69 Å². The van der Waals surface area contributed by atoms with Crippen molar-refractivity contribution in [3.63, 3.8) is 0 Å². The van der Waals surface area contributed by atoms with E-state index in [1.807, 2.05) is 36.6 Å². The molecule has 3 nitrogen and oxygen atoms in total. The van der Waals surface area contributed by atoms with Gasteiger partial charge in [-0.15, -0.1) is 11.3 Å². The van der Waals surface area contributed by atoms with Crippen LogP contribution in [0.2, 0.25) is 0 Å². The van der Waals surface area contributed by atoms with Crippen LogP contribution >= 0.6 is 23.1 Å². The SMILES string of the molecule is CSc1nc2sc3c(c2c(=O)n1-c1ccccc1)CCCCC3. The molecule has 0 fully saturated rings. The molecule has 118 valence electrons. The summed E-state index contributed by atoms with van der Waals surface area (Å²) in [6.45, 7) is 0. The van der Waals surface area contributed by atoms with E-state index < -0.39 is 0 Å². The smallest absolute Gasteiger partial charge is 0.267 e. The first-order valence-electron chi connectivity index (χ1n) is 7.96. The van der Waals surface area contributed by atoms with Crippen LogP contribution in [0.25, 0.3) is 15.9 Å². The van der Waals surface area contributed by atoms with Crippen molar-refractivity contribution in [2.24, 2.45) is 0 Å². The topological polar surface area (TPSA) is 34.9 Å². The lowest BCUT2D eigenvalue weighted by Crippen LogP contribution is -2.21. The van der Waals surface area contributed by atoms with E-state index in [2.05, 4.69) is 0 Å². The van der Waals surface area contributed by atoms with Crippen molar-refractivity contribution in [2.45, 2.75) is 37.3 Å². The van der Waals surface area contributed by atoms with Gasteiger partial charge in [-0.2, -0.15) is 0 Å². The molecule has 0 spiro atoms. The fraction of sp³-hybridized carbons (Fsp3) is 0.333. The predicted octanol–water partition coefficient (Wildman–Crippen LogP) is 4.44. The summed E-state index contributed by atoms with van der Waals surface area (Å²) in [7, 11) is 0. The van der Waals surface area contributed by atoms with Gasteiger partial charge in [0, 0.05) is 4.88 Å². The zero-order chi connectivity index (χ0) is 15.8. The Bertz CT molecular complexity index is 912. The van der Waals surface area contributed by atoms with Crippen LogP contribution in [0.15, 0.2) is 40.3 Å². The maximum atomic E-state index is 13.3. The summed E-state index contributed by atoms with van der Waals surface area (Å²) in [6.07, 6.45) is 7.74. The number of rotatable bonds is 2. The molecule has 1 aliphatic carbocycles. The van der Waals surface area contributed by atoms with Gasteiger partial charge in [0.1, 0.15) is 4.83 Å². The summed E-state index contributed by atoms with van der Waals surface area (Å²) in [5, 5.41) is 1.62. The number of fused-ring (bicyclic) bond motifs is 3. The van der Waals surface area contributed by atoms with Gasteiger partial charge in [0.15, 0.2) is 5.16 Å². The molecule has 0 unspecified atom stereocenters. The highest BCUT2D eigenvalue weighted by atomic mass is 32.2. The third kappa shape index (κ3) is 2.52. The van der Waals surface area contributed by atoms with Crippen LogP contribution < -0.4 is 5.56 Å². The van der Waals surface area contributed by atoms with Crippen LogP contribution in [-0.4, -0.2) is 15.8 Å². The van der Waals surface area contributed by atoms with Gasteiger partial charge in [-0.05, 0) is 49.6 Å². The van der Waals surface area contributed by atoms with E-state index in [9.17, 15) is 4.79 Å². The summed E-state index contributed by atoms with van der Waals surface area (Å²) in [5.41, 5.74) is 2.24. The summed E-state index contributed by atoms with van der Waals surface area (Å²) < 4.78 is 1.77.